The molecule has 100 valence electrons. The lowest BCUT2D eigenvalue weighted by molar-refractivity contribution is -0.118. The first-order valence-corrected chi connectivity index (χ1v) is 6.98. The highest BCUT2D eigenvalue weighted by Gasteiger charge is 2.12. The molecule has 0 saturated heterocycles. The molecular weight excluding hydrogens is 224 g/mol. The molecule has 1 N–H and O–H groups in total. The average molecular weight is 248 g/mol. The van der Waals surface area contributed by atoms with Crippen LogP contribution in [0, 0.1) is 5.92 Å². The Kier molecular flexibility index (Phi) is 7.07. The van der Waals surface area contributed by atoms with Crippen molar-refractivity contribution in [3.8, 4) is 0 Å². The van der Waals surface area contributed by atoms with Gasteiger partial charge in [-0.05, 0) is 25.0 Å². The van der Waals surface area contributed by atoms with E-state index in [0.29, 0.717) is 0 Å². The van der Waals surface area contributed by atoms with Crippen LogP contribution in [0.15, 0.2) is 18.6 Å². The molecule has 3 heteroatoms. The minimum atomic E-state index is 0.178. The molecule has 0 aliphatic rings. The SMILES string of the molecule is CCCCCCC(CC)C(=O)/C=C/c1c[nH]cn1. The summed E-state index contributed by atoms with van der Waals surface area (Å²) >= 11 is 0. The van der Waals surface area contributed by atoms with E-state index in [1.54, 1.807) is 24.7 Å². The minimum absolute atomic E-state index is 0.178. The molecule has 1 aromatic rings. The first-order chi connectivity index (χ1) is 8.77. The Labute approximate surface area is 110 Å². The summed E-state index contributed by atoms with van der Waals surface area (Å²) in [5.41, 5.74) is 0.809. The first kappa shape index (κ1) is 14.7. The number of aromatic amines is 1. The predicted molar refractivity (Wildman–Crippen MR) is 75.2 cm³/mol. The number of ketones is 1. The standard InChI is InChI=1S/C15H24N2O/c1-3-5-6-7-8-13(4-2)15(18)10-9-14-11-16-12-17-14/h9-13H,3-8H2,1-2H3,(H,16,17)/b10-9+. The number of aromatic nitrogens is 2. The molecule has 1 unspecified atom stereocenters. The maximum absolute atomic E-state index is 12.0. The molecule has 3 nitrogen and oxygen atoms in total. The van der Waals surface area contributed by atoms with Crippen molar-refractivity contribution in [2.75, 3.05) is 0 Å². The quantitative estimate of drug-likeness (QED) is 0.530. The number of allylic oxidation sites excluding steroid dienone is 1. The van der Waals surface area contributed by atoms with Crippen molar-refractivity contribution >= 4 is 11.9 Å². The van der Waals surface area contributed by atoms with Gasteiger partial charge in [-0.1, -0.05) is 39.5 Å². The number of nitrogens with one attached hydrogen (secondary N) is 1. The molecule has 0 aliphatic carbocycles. The van der Waals surface area contributed by atoms with E-state index in [4.69, 9.17) is 0 Å². The van der Waals surface area contributed by atoms with E-state index in [1.807, 2.05) is 0 Å². The Balaban J connectivity index is 2.37. The Morgan fingerprint density at radius 3 is 2.83 bits per heavy atom. The van der Waals surface area contributed by atoms with Crippen molar-refractivity contribution in [2.45, 2.75) is 52.4 Å². The van der Waals surface area contributed by atoms with E-state index in [2.05, 4.69) is 23.8 Å². The van der Waals surface area contributed by atoms with Crippen molar-refractivity contribution in [1.82, 2.24) is 9.97 Å². The summed E-state index contributed by atoms with van der Waals surface area (Å²) in [5.74, 6) is 0.411. The molecule has 0 fully saturated rings. The molecule has 0 aliphatic heterocycles. The second-order valence-corrected chi connectivity index (χ2v) is 4.68. The van der Waals surface area contributed by atoms with Gasteiger partial charge in [-0.15, -0.1) is 0 Å². The molecule has 0 aromatic carbocycles. The van der Waals surface area contributed by atoms with Crippen LogP contribution in [-0.4, -0.2) is 15.8 Å². The van der Waals surface area contributed by atoms with Crippen molar-refractivity contribution in [1.29, 1.82) is 0 Å². The third-order valence-electron chi connectivity index (χ3n) is 3.24. The zero-order valence-electron chi connectivity index (χ0n) is 11.5. The van der Waals surface area contributed by atoms with E-state index in [0.717, 1.165) is 25.0 Å². The molecular formula is C15H24N2O. The maximum Gasteiger partial charge on any atom is 0.158 e. The number of hydrogen-bond donors (Lipinski definition) is 1. The van der Waals surface area contributed by atoms with E-state index < -0.39 is 0 Å². The van der Waals surface area contributed by atoms with Crippen LogP contribution in [0.3, 0.4) is 0 Å². The summed E-state index contributed by atoms with van der Waals surface area (Å²) in [5, 5.41) is 0. The van der Waals surface area contributed by atoms with E-state index >= 15 is 0 Å². The molecule has 18 heavy (non-hydrogen) atoms. The predicted octanol–water partition coefficient (Wildman–Crippen LogP) is 3.99. The van der Waals surface area contributed by atoms with Gasteiger partial charge in [0.1, 0.15) is 0 Å². The van der Waals surface area contributed by atoms with Crippen molar-refractivity contribution in [2.24, 2.45) is 5.92 Å². The van der Waals surface area contributed by atoms with Crippen LogP contribution in [0.1, 0.15) is 58.1 Å². The van der Waals surface area contributed by atoms with Gasteiger partial charge in [0.15, 0.2) is 5.78 Å². The molecule has 0 bridgehead atoms. The minimum Gasteiger partial charge on any atom is -0.351 e. The lowest BCUT2D eigenvalue weighted by Gasteiger charge is -2.10. The van der Waals surface area contributed by atoms with E-state index in [9.17, 15) is 4.79 Å². The summed E-state index contributed by atoms with van der Waals surface area (Å²) < 4.78 is 0. The van der Waals surface area contributed by atoms with Crippen molar-refractivity contribution < 1.29 is 4.79 Å². The Morgan fingerprint density at radius 2 is 2.22 bits per heavy atom. The Hall–Kier alpha value is -1.38. The van der Waals surface area contributed by atoms with E-state index in [1.165, 1.54) is 19.3 Å². The number of H-pyrrole nitrogens is 1. The van der Waals surface area contributed by atoms with Gasteiger partial charge in [0, 0.05) is 12.1 Å². The summed E-state index contributed by atoms with van der Waals surface area (Å²) in [6.45, 7) is 4.29. The van der Waals surface area contributed by atoms with Crippen molar-refractivity contribution in [3.63, 3.8) is 0 Å². The van der Waals surface area contributed by atoms with Crippen LogP contribution in [0.25, 0.3) is 6.08 Å². The molecule has 0 saturated carbocycles. The van der Waals surface area contributed by atoms with E-state index in [-0.39, 0.29) is 11.7 Å². The third kappa shape index (κ3) is 5.30. The second-order valence-electron chi connectivity index (χ2n) is 4.68. The maximum atomic E-state index is 12.0. The monoisotopic (exact) mass is 248 g/mol. The number of nitrogens with zero attached hydrogens (tertiary/aromatic N) is 1. The van der Waals surface area contributed by atoms with Gasteiger partial charge in [-0.3, -0.25) is 4.79 Å². The molecule has 1 aromatic heterocycles. The van der Waals surface area contributed by atoms with Gasteiger partial charge in [0.25, 0.3) is 0 Å². The van der Waals surface area contributed by atoms with Gasteiger partial charge >= 0.3 is 0 Å². The smallest absolute Gasteiger partial charge is 0.158 e. The first-order valence-electron chi connectivity index (χ1n) is 6.98. The zero-order valence-corrected chi connectivity index (χ0v) is 11.5. The van der Waals surface area contributed by atoms with Crippen LogP contribution < -0.4 is 0 Å². The number of imidazole rings is 1. The van der Waals surface area contributed by atoms with Crippen LogP contribution >= 0.6 is 0 Å². The fraction of sp³-hybridized carbons (Fsp3) is 0.600. The number of unbranched alkanes of at least 4 members (excludes halogenated alkanes) is 3. The molecule has 0 spiro atoms. The fourth-order valence-corrected chi connectivity index (χ4v) is 2.03. The Bertz CT molecular complexity index is 355. The molecule has 1 atom stereocenters. The second kappa shape index (κ2) is 8.67. The Morgan fingerprint density at radius 1 is 1.39 bits per heavy atom. The topological polar surface area (TPSA) is 45.8 Å². The molecule has 0 amide bonds. The highest BCUT2D eigenvalue weighted by Crippen LogP contribution is 2.16. The van der Waals surface area contributed by atoms with Gasteiger partial charge in [0.05, 0.1) is 12.0 Å². The summed E-state index contributed by atoms with van der Waals surface area (Å²) in [6, 6.07) is 0. The van der Waals surface area contributed by atoms with Crippen LogP contribution in [-0.2, 0) is 4.79 Å². The lowest BCUT2D eigenvalue weighted by Crippen LogP contribution is -2.10. The fourth-order valence-electron chi connectivity index (χ4n) is 2.03. The molecule has 0 radical (unpaired) electrons. The highest BCUT2D eigenvalue weighted by atomic mass is 16.1. The zero-order chi connectivity index (χ0) is 13.2. The lowest BCUT2D eigenvalue weighted by atomic mass is 9.93. The largest absolute Gasteiger partial charge is 0.351 e. The van der Waals surface area contributed by atoms with Gasteiger partial charge in [-0.25, -0.2) is 4.98 Å². The third-order valence-corrected chi connectivity index (χ3v) is 3.24. The molecule has 1 heterocycles. The summed E-state index contributed by atoms with van der Waals surface area (Å²) in [6.07, 6.45) is 13.7. The van der Waals surface area contributed by atoms with Crippen molar-refractivity contribution in [3.05, 3.63) is 24.3 Å². The van der Waals surface area contributed by atoms with Gasteiger partial charge in [-0.2, -0.15) is 0 Å². The van der Waals surface area contributed by atoms with Gasteiger partial charge < -0.3 is 4.98 Å². The number of rotatable bonds is 9. The van der Waals surface area contributed by atoms with Crippen LogP contribution in [0.2, 0.25) is 0 Å². The molecule has 1 rings (SSSR count). The normalized spacial score (nSPS) is 13.0. The average Bonchev–Trinajstić information content (AvgIpc) is 2.89. The number of carbonyl (C=O) groups is 1. The number of hydrogen-bond acceptors (Lipinski definition) is 2. The van der Waals surface area contributed by atoms with Crippen LogP contribution in [0.4, 0.5) is 0 Å². The van der Waals surface area contributed by atoms with Gasteiger partial charge in [0.2, 0.25) is 0 Å². The van der Waals surface area contributed by atoms with Crippen LogP contribution in [0.5, 0.6) is 0 Å². The summed E-state index contributed by atoms with van der Waals surface area (Å²) in [7, 11) is 0. The number of carbonyl (C=O) groups excluding carboxylic acids is 1. The highest BCUT2D eigenvalue weighted by molar-refractivity contribution is 5.95. The summed E-state index contributed by atoms with van der Waals surface area (Å²) in [4.78, 5) is 18.9.